The van der Waals surface area contributed by atoms with Crippen LogP contribution in [0.3, 0.4) is 0 Å². The van der Waals surface area contributed by atoms with E-state index < -0.39 is 41.9 Å². The predicted molar refractivity (Wildman–Crippen MR) is 125 cm³/mol. The van der Waals surface area contributed by atoms with Gasteiger partial charge < -0.3 is 20.1 Å². The second kappa shape index (κ2) is 9.14. The number of aliphatic carboxylic acids is 1. The molecule has 2 amide bonds. The molecule has 2 aromatic carbocycles. The van der Waals surface area contributed by atoms with E-state index >= 15 is 8.78 Å². The number of carbonyl (C=O) groups is 3. The fourth-order valence-electron chi connectivity index (χ4n) is 4.87. The summed E-state index contributed by atoms with van der Waals surface area (Å²) in [5.41, 5.74) is 4.07. The first-order valence-corrected chi connectivity index (χ1v) is 12.6. The molecule has 2 aliphatic carbocycles. The zero-order valence-corrected chi connectivity index (χ0v) is 19.5. The van der Waals surface area contributed by atoms with Crippen molar-refractivity contribution in [3.63, 3.8) is 0 Å². The number of hydrogen-bond acceptors (Lipinski definition) is 5. The Balaban J connectivity index is 1.28. The van der Waals surface area contributed by atoms with Crippen LogP contribution in [-0.2, 0) is 14.3 Å². The van der Waals surface area contributed by atoms with Crippen LogP contribution in [0.1, 0.15) is 29.9 Å². The molecule has 184 valence electrons. The molecule has 10 heteroatoms. The van der Waals surface area contributed by atoms with Crippen LogP contribution >= 0.6 is 11.8 Å². The highest BCUT2D eigenvalue weighted by Gasteiger charge is 2.57. The third kappa shape index (κ3) is 4.35. The van der Waals surface area contributed by atoms with E-state index in [9.17, 15) is 19.5 Å². The largest absolute Gasteiger partial charge is 0.480 e. The minimum absolute atomic E-state index is 0.0411. The van der Waals surface area contributed by atoms with Gasteiger partial charge in [0.25, 0.3) is 5.91 Å². The highest BCUT2D eigenvalue weighted by atomic mass is 32.2. The average molecular weight is 503 g/mol. The van der Waals surface area contributed by atoms with Gasteiger partial charge in [-0.3, -0.25) is 4.79 Å². The Bertz CT molecular complexity index is 1130. The highest BCUT2D eigenvalue weighted by Crippen LogP contribution is 2.45. The first kappa shape index (κ1) is 23.6. The molecule has 0 radical (unpaired) electrons. The quantitative estimate of drug-likeness (QED) is 0.596. The van der Waals surface area contributed by atoms with Gasteiger partial charge in [0.2, 0.25) is 0 Å². The molecule has 1 saturated heterocycles. The zero-order chi connectivity index (χ0) is 24.7. The summed E-state index contributed by atoms with van der Waals surface area (Å²) in [6.07, 6.45) is -0.149. The van der Waals surface area contributed by atoms with Crippen molar-refractivity contribution in [3.05, 3.63) is 59.7 Å². The number of halogens is 2. The van der Waals surface area contributed by atoms with Crippen LogP contribution in [0, 0.1) is 5.92 Å². The SMILES string of the molecule is O=C(NC(C1CC1)C(F)(F)C(=O)N1CSCC1C(=O)O)OCC1c2ccccc2-c2ccccc21. The molecule has 0 aromatic heterocycles. The molecule has 7 nitrogen and oxygen atoms in total. The van der Waals surface area contributed by atoms with Gasteiger partial charge in [-0.05, 0) is 41.0 Å². The maximum absolute atomic E-state index is 15.3. The summed E-state index contributed by atoms with van der Waals surface area (Å²) in [6, 6.07) is 12.5. The van der Waals surface area contributed by atoms with Gasteiger partial charge in [-0.2, -0.15) is 8.78 Å². The number of amides is 2. The molecular formula is C25H24F2N2O5S. The summed E-state index contributed by atoms with van der Waals surface area (Å²) in [7, 11) is 0. The van der Waals surface area contributed by atoms with Gasteiger partial charge in [-0.25, -0.2) is 9.59 Å². The number of fused-ring (bicyclic) bond motifs is 3. The lowest BCUT2D eigenvalue weighted by molar-refractivity contribution is -0.167. The van der Waals surface area contributed by atoms with E-state index in [0.29, 0.717) is 17.7 Å². The standard InChI is InChI=1S/C25H24F2N2O5S/c26-25(27,23(32)29-13-35-12-20(29)22(30)31)21(14-9-10-14)28-24(33)34-11-19-17-7-3-1-5-15(17)16-6-2-4-8-18(16)19/h1-8,14,19-21H,9-13H2,(H,28,33)(H,30,31). The van der Waals surface area contributed by atoms with Crippen molar-refractivity contribution in [2.24, 2.45) is 5.92 Å². The van der Waals surface area contributed by atoms with Crippen molar-refractivity contribution in [2.75, 3.05) is 18.2 Å². The minimum Gasteiger partial charge on any atom is -0.480 e. The van der Waals surface area contributed by atoms with Crippen molar-refractivity contribution >= 4 is 29.7 Å². The molecule has 5 rings (SSSR count). The first-order valence-electron chi connectivity index (χ1n) is 11.4. The van der Waals surface area contributed by atoms with Crippen LogP contribution in [0.4, 0.5) is 13.6 Å². The number of carboxylic acid groups (broad SMARTS) is 1. The van der Waals surface area contributed by atoms with Crippen LogP contribution < -0.4 is 5.32 Å². The summed E-state index contributed by atoms with van der Waals surface area (Å²) in [5, 5.41) is 11.5. The zero-order valence-electron chi connectivity index (χ0n) is 18.7. The fourth-order valence-corrected chi connectivity index (χ4v) is 6.02. The Morgan fingerprint density at radius 2 is 1.69 bits per heavy atom. The monoisotopic (exact) mass is 502 g/mol. The van der Waals surface area contributed by atoms with Gasteiger partial charge in [0, 0.05) is 11.7 Å². The number of benzene rings is 2. The highest BCUT2D eigenvalue weighted by molar-refractivity contribution is 7.99. The van der Waals surface area contributed by atoms with Crippen LogP contribution in [0.15, 0.2) is 48.5 Å². The molecule has 1 heterocycles. The maximum atomic E-state index is 15.3. The molecule has 2 aromatic rings. The van der Waals surface area contributed by atoms with Crippen LogP contribution in [0.5, 0.6) is 0 Å². The minimum atomic E-state index is -3.95. The molecule has 2 N–H and O–H groups in total. The molecule has 2 fully saturated rings. The Morgan fingerprint density at radius 1 is 1.09 bits per heavy atom. The normalized spacial score (nSPS) is 20.2. The number of nitrogens with zero attached hydrogens (tertiary/aromatic N) is 1. The van der Waals surface area contributed by atoms with Crippen LogP contribution in [-0.4, -0.2) is 64.2 Å². The Hall–Kier alpha value is -3.14. The Morgan fingerprint density at radius 3 is 2.26 bits per heavy atom. The van der Waals surface area contributed by atoms with Gasteiger partial charge in [-0.15, -0.1) is 11.8 Å². The van der Waals surface area contributed by atoms with Crippen molar-refractivity contribution in [1.29, 1.82) is 0 Å². The topological polar surface area (TPSA) is 95.9 Å². The van der Waals surface area contributed by atoms with Crippen LogP contribution in [0.25, 0.3) is 11.1 Å². The summed E-state index contributed by atoms with van der Waals surface area (Å²) in [4.78, 5) is 37.4. The predicted octanol–water partition coefficient (Wildman–Crippen LogP) is 3.93. The number of rotatable bonds is 7. The number of carbonyl (C=O) groups excluding carboxylic acids is 2. The van der Waals surface area contributed by atoms with E-state index in [-0.39, 0.29) is 24.2 Å². The maximum Gasteiger partial charge on any atom is 0.407 e. The Labute approximate surface area is 204 Å². The Kier molecular flexibility index (Phi) is 6.16. The van der Waals surface area contributed by atoms with E-state index in [2.05, 4.69) is 5.32 Å². The molecule has 0 bridgehead atoms. The molecule has 35 heavy (non-hydrogen) atoms. The van der Waals surface area contributed by atoms with Crippen LogP contribution in [0.2, 0.25) is 0 Å². The van der Waals surface area contributed by atoms with E-state index in [1.54, 1.807) is 0 Å². The fraction of sp³-hybridized carbons (Fsp3) is 0.400. The number of ether oxygens (including phenoxy) is 1. The second-order valence-corrected chi connectivity index (χ2v) is 10.0. The number of thioether (sulfide) groups is 1. The van der Waals surface area contributed by atoms with E-state index in [0.717, 1.165) is 34.0 Å². The summed E-state index contributed by atoms with van der Waals surface area (Å²) in [6.45, 7) is -0.0411. The lowest BCUT2D eigenvalue weighted by atomic mass is 9.98. The summed E-state index contributed by atoms with van der Waals surface area (Å²) >= 11 is 1.10. The van der Waals surface area contributed by atoms with E-state index in [4.69, 9.17) is 4.74 Å². The van der Waals surface area contributed by atoms with Gasteiger partial charge in [0.1, 0.15) is 18.7 Å². The number of hydrogen-bond donors (Lipinski definition) is 2. The van der Waals surface area contributed by atoms with Crippen molar-refractivity contribution in [2.45, 2.75) is 36.8 Å². The number of alkyl halides is 2. The lowest BCUT2D eigenvalue weighted by Crippen LogP contribution is -2.59. The first-order chi connectivity index (χ1) is 16.8. The third-order valence-corrected chi connectivity index (χ3v) is 7.83. The molecule has 1 aliphatic heterocycles. The molecule has 1 saturated carbocycles. The third-order valence-electron chi connectivity index (χ3n) is 6.81. The van der Waals surface area contributed by atoms with Crippen molar-refractivity contribution in [3.8, 4) is 11.1 Å². The summed E-state index contributed by atoms with van der Waals surface area (Å²) in [5.74, 6) is -7.75. The van der Waals surface area contributed by atoms with Crippen molar-refractivity contribution < 1.29 is 33.0 Å². The molecule has 2 unspecified atom stereocenters. The van der Waals surface area contributed by atoms with Gasteiger partial charge in [0.05, 0.1) is 5.88 Å². The van der Waals surface area contributed by atoms with Crippen molar-refractivity contribution in [1.82, 2.24) is 10.2 Å². The smallest absolute Gasteiger partial charge is 0.407 e. The molecule has 0 spiro atoms. The number of carboxylic acids is 1. The van der Waals surface area contributed by atoms with E-state index in [1.807, 2.05) is 48.5 Å². The average Bonchev–Trinajstić information content (AvgIpc) is 3.46. The summed E-state index contributed by atoms with van der Waals surface area (Å²) < 4.78 is 36.0. The molecule has 3 aliphatic rings. The van der Waals surface area contributed by atoms with Gasteiger partial charge in [0.15, 0.2) is 0 Å². The number of nitrogens with one attached hydrogen (secondary N) is 1. The molecule has 2 atom stereocenters. The second-order valence-electron chi connectivity index (χ2n) is 9.04. The van der Waals surface area contributed by atoms with Gasteiger partial charge >= 0.3 is 18.0 Å². The van der Waals surface area contributed by atoms with Gasteiger partial charge in [-0.1, -0.05) is 48.5 Å². The lowest BCUT2D eigenvalue weighted by Gasteiger charge is -2.31. The number of alkyl carbamates (subject to hydrolysis) is 1. The van der Waals surface area contributed by atoms with E-state index in [1.165, 1.54) is 0 Å². The molecular weight excluding hydrogens is 478 g/mol.